The summed E-state index contributed by atoms with van der Waals surface area (Å²) in [6.45, 7) is 15.1. The number of unbranched alkanes of at least 4 members (excludes halogenated alkanes) is 8. The van der Waals surface area contributed by atoms with Crippen LogP contribution in [0, 0.1) is 0 Å². The molecule has 0 radical (unpaired) electrons. The van der Waals surface area contributed by atoms with E-state index in [-0.39, 0.29) is 0 Å². The Bertz CT molecular complexity index is 1440. The Hall–Kier alpha value is 1.63. The fraction of sp³-hybridized carbons (Fsp3) is 1.00. The van der Waals surface area contributed by atoms with Crippen molar-refractivity contribution in [3.63, 3.8) is 0 Å². The molecule has 0 aliphatic rings. The van der Waals surface area contributed by atoms with E-state index in [0.717, 1.165) is 0 Å². The average molecular weight is 1580 g/mol. The van der Waals surface area contributed by atoms with Crippen molar-refractivity contribution in [1.29, 1.82) is 0 Å². The molecule has 0 unspecified atom stereocenters. The third-order valence-electron chi connectivity index (χ3n) is 4.94. The summed E-state index contributed by atoms with van der Waals surface area (Å²) < 4.78 is 278. The van der Waals surface area contributed by atoms with Crippen molar-refractivity contribution in [3.8, 4) is 0 Å². The zero-order valence-electron chi connectivity index (χ0n) is 32.1. The summed E-state index contributed by atoms with van der Waals surface area (Å²) in [6, 6.07) is 0. The fourth-order valence-electron chi connectivity index (χ4n) is 3.46. The summed E-state index contributed by atoms with van der Waals surface area (Å²) in [5.41, 5.74) is 0. The molecule has 0 bridgehead atoms. The van der Waals surface area contributed by atoms with Gasteiger partial charge < -0.3 is 4.48 Å². The monoisotopic (exact) mass is 1590 g/mol. The van der Waals surface area contributed by atoms with Crippen LogP contribution in [0.5, 0.6) is 0 Å². The van der Waals surface area contributed by atoms with Crippen LogP contribution in [-0.4, -0.2) is 30.7 Å². The Morgan fingerprint density at radius 3 is 0.377 bits per heavy atom. The van der Waals surface area contributed by atoms with E-state index in [1.54, 1.807) is 0 Å². The Labute approximate surface area is 379 Å². The summed E-state index contributed by atoms with van der Waals surface area (Å²) in [6.07, 6.45) is 16.9. The van der Waals surface area contributed by atoms with E-state index in [4.69, 9.17) is 115 Å². The molecule has 41 heteroatoms. The van der Waals surface area contributed by atoms with Gasteiger partial charge in [-0.2, -0.15) is 0 Å². The van der Waals surface area contributed by atoms with Crippen molar-refractivity contribution in [2.75, 3.05) is 26.2 Å². The maximum absolute atomic E-state index is 8.63. The van der Waals surface area contributed by atoms with Crippen LogP contribution < -0.4 is 60.2 Å². The van der Waals surface area contributed by atoms with Gasteiger partial charge in [-0.1, -0.05) is 53.4 Å². The molecule has 0 aromatic rings. The van der Waals surface area contributed by atoms with E-state index < -0.39 is 134 Å². The van der Waals surface area contributed by atoms with Crippen molar-refractivity contribution in [3.05, 3.63) is 0 Å². The molecule has 0 N–H and O–H groups in total. The molecule has 0 amide bonds. The molecule has 33 nitrogen and oxygen atoms in total. The molecule has 0 aliphatic heterocycles. The topological polar surface area (TPSA) is 642 Å². The summed E-state index contributed by atoms with van der Waals surface area (Å²) in [5, 5.41) is 0. The van der Waals surface area contributed by atoms with E-state index in [1.165, 1.54) is 108 Å². The van der Waals surface area contributed by atoms with Gasteiger partial charge in [0.2, 0.25) is 0 Å². The predicted molar refractivity (Wildman–Crippen MR) is 109 cm³/mol. The van der Waals surface area contributed by atoms with Crippen LogP contribution in [0.25, 0.3) is 0 Å². The van der Waals surface area contributed by atoms with Crippen LogP contribution in [-0.2, 0) is 188 Å². The van der Waals surface area contributed by atoms with E-state index in [0.29, 0.717) is 0 Å². The van der Waals surface area contributed by atoms with E-state index in [2.05, 4.69) is 27.7 Å². The number of hydrogen-bond acceptors (Lipinski definition) is 32. The van der Waals surface area contributed by atoms with Crippen molar-refractivity contribution >= 4 is 0 Å². The van der Waals surface area contributed by atoms with Gasteiger partial charge in [-0.05, 0) is 51.4 Å². The Kier molecular flexibility index (Phi) is 59.9. The second-order valence-corrected chi connectivity index (χ2v) is 26.4. The molecule has 0 aromatic heterocycles. The van der Waals surface area contributed by atoms with Gasteiger partial charge in [-0.15, -0.1) is 0 Å². The second kappa shape index (κ2) is 44.2. The van der Waals surface area contributed by atoms with Gasteiger partial charge in [-0.25, -0.2) is 0 Å². The molecule has 61 heavy (non-hydrogen) atoms. The fourth-order valence-corrected chi connectivity index (χ4v) is 3.46. The van der Waals surface area contributed by atoms with Gasteiger partial charge >= 0.3 is 248 Å². The van der Waals surface area contributed by atoms with Crippen LogP contribution in [0.15, 0.2) is 0 Å². The zero-order chi connectivity index (χ0) is 51.8. The van der Waals surface area contributed by atoms with Gasteiger partial charge in [0.05, 0.1) is 26.2 Å². The van der Waals surface area contributed by atoms with E-state index >= 15 is 0 Å². The average Bonchev–Trinajstić information content (AvgIpc) is 2.86. The van der Waals surface area contributed by atoms with Gasteiger partial charge in [0, 0.05) is 0 Å². The molecule has 0 spiro atoms. The van der Waals surface area contributed by atoms with Gasteiger partial charge in [0.15, 0.2) is 0 Å². The normalized spacial score (nSPS) is 11.7. The number of hydrogen-bond donors (Lipinski definition) is 0. The summed E-state index contributed by atoms with van der Waals surface area (Å²) in [5.74, 6) is 0. The van der Waals surface area contributed by atoms with Crippen LogP contribution >= 0.6 is 0 Å². The summed E-state index contributed by atoms with van der Waals surface area (Å²) >= 11 is -48.2. The maximum atomic E-state index is 8.63. The molecule has 384 valence electrons. The van der Waals surface area contributed by atoms with E-state index in [9.17, 15) is 0 Å². The Morgan fingerprint density at radius 1 is 0.230 bits per heavy atom. The van der Waals surface area contributed by atoms with Gasteiger partial charge in [-0.3, -0.25) is 0 Å². The van der Waals surface area contributed by atoms with Crippen LogP contribution in [0.3, 0.4) is 0 Å². The molecular weight excluding hydrogens is 1530 g/mol. The van der Waals surface area contributed by atoms with Crippen molar-refractivity contribution < 1.29 is 253 Å². The third kappa shape index (κ3) is 334. The first kappa shape index (κ1) is 82.7. The quantitative estimate of drug-likeness (QED) is 0.0786. The summed E-state index contributed by atoms with van der Waals surface area (Å²) in [7, 11) is 0. The molecule has 0 fully saturated rings. The molecule has 0 atom stereocenters. The number of nitrogens with zero attached hydrogens (tertiary/aromatic N) is 1. The van der Waals surface area contributed by atoms with E-state index in [1.807, 2.05) is 0 Å². The Balaban J connectivity index is -0.0000000796. The zero-order valence-corrected chi connectivity index (χ0v) is 48.1. The molecule has 0 saturated heterocycles. The predicted octanol–water partition coefficient (Wildman–Crippen LogP) is -14.4. The molecule has 0 saturated carbocycles. The first-order chi connectivity index (χ1) is 26.2. The standard InChI is InChI=1S/C20H44N.8Mo.32O/c1-5-9-13-17-21(18-14-10-6-2,19-15-11-7-3)20-16-12-8-4;;;;;;;;;;;;;;;;;;;;;;;;;;;;;;;;;;;;;;;;/h5-20H2,1-4H3;;;;;;;;;;;;;;;;;;;;;;;;;;;;;;;;;;;;;;;;/q+1;;;;;;;;;;;;;;;;;;;;;;;;;16*-1. The van der Waals surface area contributed by atoms with Crippen molar-refractivity contribution in [1.82, 2.24) is 0 Å². The minimum absolute atomic E-state index is 1.36. The van der Waals surface area contributed by atoms with Crippen LogP contribution in [0.4, 0.5) is 0 Å². The molecule has 0 aliphatic carbocycles. The molecule has 0 rings (SSSR count). The third-order valence-corrected chi connectivity index (χ3v) is 4.94. The first-order valence-electron chi connectivity index (χ1n) is 15.4. The minimum atomic E-state index is -6.02. The first-order valence-corrected chi connectivity index (χ1v) is 41.6. The van der Waals surface area contributed by atoms with Gasteiger partial charge in [0.25, 0.3) is 0 Å². The van der Waals surface area contributed by atoms with Crippen molar-refractivity contribution in [2.45, 2.75) is 105 Å². The number of rotatable bonds is 16. The van der Waals surface area contributed by atoms with Crippen LogP contribution in [0.1, 0.15) is 105 Å². The molecule has 0 heterocycles. The summed E-state index contributed by atoms with van der Waals surface area (Å²) in [4.78, 5) is 0. The van der Waals surface area contributed by atoms with Crippen molar-refractivity contribution in [2.24, 2.45) is 0 Å². The Morgan fingerprint density at radius 2 is 0.311 bits per heavy atom. The SMILES string of the molecule is CCCCC[N+](CCCCC)(CCCCC)CCCCC.[O]=[Mo](=[O])([O-])[O-].[O]=[Mo](=[O])([O-])[O-].[O]=[Mo](=[O])([O-])[O-].[O]=[Mo](=[O])([O-])[O-].[O]=[Mo](=[O])([O-])[O-].[O]=[Mo](=[O])([O-])[O-].[O]=[Mo](=[O])([O-])[O-].[O]=[Mo](=[O])([O-])[O-]. The molecular formula is C20H44Mo8NO32-15. The number of quaternary nitrogens is 1. The second-order valence-electron chi connectivity index (χ2n) is 10.3. The van der Waals surface area contributed by atoms with Gasteiger partial charge in [0.1, 0.15) is 0 Å². The van der Waals surface area contributed by atoms with Crippen LogP contribution in [0.2, 0.25) is 0 Å². The molecule has 0 aromatic carbocycles.